The fraction of sp³-hybridized carbons (Fsp3) is 0.882. The highest BCUT2D eigenvalue weighted by atomic mass is 16.1. The van der Waals surface area contributed by atoms with E-state index < -0.39 is 5.54 Å². The van der Waals surface area contributed by atoms with E-state index in [-0.39, 0.29) is 6.04 Å². The Bertz CT molecular complexity index is 406. The molecule has 116 valence electrons. The van der Waals surface area contributed by atoms with Crippen molar-refractivity contribution in [3.8, 4) is 0 Å². The van der Waals surface area contributed by atoms with Crippen molar-refractivity contribution in [1.29, 1.82) is 0 Å². The second kappa shape index (κ2) is 7.68. The zero-order valence-electron chi connectivity index (χ0n) is 13.0. The van der Waals surface area contributed by atoms with E-state index in [4.69, 9.17) is 0 Å². The molecule has 0 aliphatic heterocycles. The lowest BCUT2D eigenvalue weighted by atomic mass is 9.61. The summed E-state index contributed by atoms with van der Waals surface area (Å²) in [4.78, 5) is 30.3. The molecule has 0 N–H and O–H groups in total. The van der Waals surface area contributed by atoms with Crippen LogP contribution in [0.3, 0.4) is 0 Å². The Balaban J connectivity index is 2.40. The first-order chi connectivity index (χ1) is 10.3. The molecule has 0 heterocycles. The molecule has 1 unspecified atom stereocenters. The summed E-state index contributed by atoms with van der Waals surface area (Å²) in [7, 11) is 0. The number of isocyanates is 2. The molecule has 2 fully saturated rings. The minimum atomic E-state index is -0.528. The Labute approximate surface area is 127 Å². The molecule has 4 nitrogen and oxygen atoms in total. The Morgan fingerprint density at radius 1 is 0.857 bits per heavy atom. The lowest BCUT2D eigenvalue weighted by molar-refractivity contribution is 0.0886. The van der Waals surface area contributed by atoms with Gasteiger partial charge < -0.3 is 0 Å². The Morgan fingerprint density at radius 3 is 1.71 bits per heavy atom. The van der Waals surface area contributed by atoms with Gasteiger partial charge in [-0.05, 0) is 44.4 Å². The van der Waals surface area contributed by atoms with Crippen LogP contribution in [0.4, 0.5) is 0 Å². The first-order valence-corrected chi connectivity index (χ1v) is 8.41. The maximum absolute atomic E-state index is 11.2. The molecular weight excluding hydrogens is 264 g/mol. The molecule has 0 bridgehead atoms. The highest BCUT2D eigenvalue weighted by Gasteiger charge is 2.50. The Morgan fingerprint density at radius 2 is 1.33 bits per heavy atom. The summed E-state index contributed by atoms with van der Waals surface area (Å²) in [5, 5.41) is 0. The lowest BCUT2D eigenvalue weighted by Gasteiger charge is -2.47. The van der Waals surface area contributed by atoms with Crippen molar-refractivity contribution in [3.63, 3.8) is 0 Å². The lowest BCUT2D eigenvalue weighted by Crippen LogP contribution is -2.52. The van der Waals surface area contributed by atoms with E-state index >= 15 is 0 Å². The smallest absolute Gasteiger partial charge is 0.211 e. The summed E-state index contributed by atoms with van der Waals surface area (Å²) in [5.41, 5.74) is -0.528. The minimum absolute atomic E-state index is 0.275. The van der Waals surface area contributed by atoms with Crippen molar-refractivity contribution >= 4 is 12.2 Å². The van der Waals surface area contributed by atoms with E-state index in [1.165, 1.54) is 38.5 Å². The van der Waals surface area contributed by atoms with Crippen LogP contribution < -0.4 is 0 Å². The number of hydrogen-bond donors (Lipinski definition) is 0. The predicted octanol–water partition coefficient (Wildman–Crippen LogP) is 3.95. The number of hydrogen-bond acceptors (Lipinski definition) is 4. The normalized spacial score (nSPS) is 22.9. The monoisotopic (exact) mass is 290 g/mol. The molecule has 0 amide bonds. The average Bonchev–Trinajstić information content (AvgIpc) is 2.54. The van der Waals surface area contributed by atoms with E-state index in [0.29, 0.717) is 11.8 Å². The van der Waals surface area contributed by atoms with E-state index in [1.54, 1.807) is 6.08 Å². The SMILES string of the molecule is CC(N=C=O)C(N=C=O)(C1CCCCC1)C1CCCCC1. The quantitative estimate of drug-likeness (QED) is 0.568. The summed E-state index contributed by atoms with van der Waals surface area (Å²) in [6, 6.07) is -0.275. The highest BCUT2D eigenvalue weighted by Crippen LogP contribution is 2.47. The van der Waals surface area contributed by atoms with Crippen LogP contribution in [0, 0.1) is 11.8 Å². The zero-order chi connectivity index (χ0) is 15.1. The Hall–Kier alpha value is -1.24. The van der Waals surface area contributed by atoms with Crippen LogP contribution in [0.15, 0.2) is 9.98 Å². The first-order valence-electron chi connectivity index (χ1n) is 8.41. The fourth-order valence-corrected chi connectivity index (χ4v) is 4.68. The molecule has 21 heavy (non-hydrogen) atoms. The average molecular weight is 290 g/mol. The second-order valence-corrected chi connectivity index (χ2v) is 6.66. The summed E-state index contributed by atoms with van der Waals surface area (Å²) < 4.78 is 0. The van der Waals surface area contributed by atoms with Crippen molar-refractivity contribution in [1.82, 2.24) is 0 Å². The maximum Gasteiger partial charge on any atom is 0.235 e. The molecule has 2 saturated carbocycles. The van der Waals surface area contributed by atoms with Gasteiger partial charge in [0.25, 0.3) is 0 Å². The van der Waals surface area contributed by atoms with E-state index in [1.807, 2.05) is 13.0 Å². The van der Waals surface area contributed by atoms with Crippen molar-refractivity contribution < 1.29 is 9.59 Å². The van der Waals surface area contributed by atoms with Gasteiger partial charge in [-0.3, -0.25) is 0 Å². The second-order valence-electron chi connectivity index (χ2n) is 6.66. The third kappa shape index (κ3) is 3.33. The number of aliphatic imine (C=N–C) groups is 2. The van der Waals surface area contributed by atoms with Crippen LogP contribution in [-0.4, -0.2) is 23.7 Å². The molecule has 2 aliphatic carbocycles. The van der Waals surface area contributed by atoms with Crippen LogP contribution in [0.2, 0.25) is 0 Å². The number of carbonyl (C=O) groups excluding carboxylic acids is 2. The molecule has 0 saturated heterocycles. The third-order valence-corrected chi connectivity index (χ3v) is 5.67. The molecule has 0 radical (unpaired) electrons. The van der Waals surface area contributed by atoms with Crippen LogP contribution in [0.25, 0.3) is 0 Å². The standard InChI is InChI=1S/C17H26N2O2/c1-14(18-12-20)17(19-13-21,15-8-4-2-5-9-15)16-10-6-3-7-11-16/h14-16H,2-11H2,1H3. The molecule has 4 heteroatoms. The summed E-state index contributed by atoms with van der Waals surface area (Å²) >= 11 is 0. The molecule has 0 aromatic heterocycles. The fourth-order valence-electron chi connectivity index (χ4n) is 4.68. The van der Waals surface area contributed by atoms with Crippen molar-refractivity contribution in [3.05, 3.63) is 0 Å². The molecule has 0 spiro atoms. The van der Waals surface area contributed by atoms with Crippen molar-refractivity contribution in [2.24, 2.45) is 21.8 Å². The maximum atomic E-state index is 11.2. The van der Waals surface area contributed by atoms with Gasteiger partial charge >= 0.3 is 0 Å². The van der Waals surface area contributed by atoms with E-state index in [9.17, 15) is 9.59 Å². The highest BCUT2D eigenvalue weighted by molar-refractivity contribution is 5.38. The number of rotatable bonds is 5. The van der Waals surface area contributed by atoms with Crippen molar-refractivity contribution in [2.45, 2.75) is 82.7 Å². The summed E-state index contributed by atoms with van der Waals surface area (Å²) in [6.07, 6.45) is 15.1. The first kappa shape index (κ1) is 16.1. The van der Waals surface area contributed by atoms with Crippen molar-refractivity contribution in [2.75, 3.05) is 0 Å². The molecule has 1 atom stereocenters. The van der Waals surface area contributed by atoms with Gasteiger partial charge in [-0.1, -0.05) is 38.5 Å². The van der Waals surface area contributed by atoms with Gasteiger partial charge in [0.1, 0.15) is 5.54 Å². The molecule has 0 aromatic rings. The summed E-state index contributed by atoms with van der Waals surface area (Å²) in [6.45, 7) is 1.93. The van der Waals surface area contributed by atoms with Gasteiger partial charge in [0, 0.05) is 0 Å². The van der Waals surface area contributed by atoms with Gasteiger partial charge in [0.15, 0.2) is 0 Å². The zero-order valence-corrected chi connectivity index (χ0v) is 13.0. The minimum Gasteiger partial charge on any atom is -0.211 e. The van der Waals surface area contributed by atoms with E-state index in [2.05, 4.69) is 9.98 Å². The molecule has 2 rings (SSSR count). The Kier molecular flexibility index (Phi) is 5.90. The molecule has 0 aromatic carbocycles. The third-order valence-electron chi connectivity index (χ3n) is 5.67. The van der Waals surface area contributed by atoms with Gasteiger partial charge in [0.05, 0.1) is 6.04 Å². The summed E-state index contributed by atoms with van der Waals surface area (Å²) in [5.74, 6) is 0.700. The van der Waals surface area contributed by atoms with Crippen LogP contribution in [-0.2, 0) is 9.59 Å². The van der Waals surface area contributed by atoms with Crippen LogP contribution in [0.5, 0.6) is 0 Å². The van der Waals surface area contributed by atoms with E-state index in [0.717, 1.165) is 25.7 Å². The predicted molar refractivity (Wildman–Crippen MR) is 81.6 cm³/mol. The van der Waals surface area contributed by atoms with Gasteiger partial charge in [-0.25, -0.2) is 14.6 Å². The van der Waals surface area contributed by atoms with Gasteiger partial charge in [0.2, 0.25) is 12.2 Å². The van der Waals surface area contributed by atoms with Crippen LogP contribution >= 0.6 is 0 Å². The molecular formula is C17H26N2O2. The van der Waals surface area contributed by atoms with Crippen LogP contribution in [0.1, 0.15) is 71.1 Å². The van der Waals surface area contributed by atoms with Gasteiger partial charge in [-0.15, -0.1) is 0 Å². The van der Waals surface area contributed by atoms with Gasteiger partial charge in [-0.2, -0.15) is 4.99 Å². The largest absolute Gasteiger partial charge is 0.235 e. The number of nitrogens with zero attached hydrogens (tertiary/aromatic N) is 2. The topological polar surface area (TPSA) is 58.9 Å². The molecule has 2 aliphatic rings.